The summed E-state index contributed by atoms with van der Waals surface area (Å²) >= 11 is 0. The lowest BCUT2D eigenvalue weighted by Gasteiger charge is -2.29. The maximum Gasteiger partial charge on any atom is 0.319 e. The first-order chi connectivity index (χ1) is 7.15. The van der Waals surface area contributed by atoms with Crippen LogP contribution in [0, 0.1) is 5.92 Å². The summed E-state index contributed by atoms with van der Waals surface area (Å²) < 4.78 is 0. The molecule has 0 spiro atoms. The summed E-state index contributed by atoms with van der Waals surface area (Å²) in [6.07, 6.45) is 6.66. The van der Waals surface area contributed by atoms with Gasteiger partial charge in [0.05, 0.1) is 0 Å². The van der Waals surface area contributed by atoms with Crippen molar-refractivity contribution < 1.29 is 4.79 Å². The molecule has 0 aromatic rings. The lowest BCUT2D eigenvalue weighted by atomic mass is 9.89. The zero-order valence-electron chi connectivity index (χ0n) is 10.3. The number of amides is 2. The normalized spacial score (nSPS) is 17.5. The van der Waals surface area contributed by atoms with Crippen LogP contribution in [-0.4, -0.2) is 43.0 Å². The molecule has 0 unspecified atom stereocenters. The molecule has 0 aromatic heterocycles. The van der Waals surface area contributed by atoms with Crippen LogP contribution < -0.4 is 0 Å². The van der Waals surface area contributed by atoms with Gasteiger partial charge < -0.3 is 9.80 Å². The standard InChI is InChI=1S/C12H24N2O/c1-4-13(2)12(15)14(3)10-11-8-6-5-7-9-11/h11H,4-10H2,1-3H3. The zero-order valence-corrected chi connectivity index (χ0v) is 10.3. The van der Waals surface area contributed by atoms with Crippen LogP contribution in [-0.2, 0) is 0 Å². The Morgan fingerprint density at radius 3 is 2.27 bits per heavy atom. The van der Waals surface area contributed by atoms with Crippen molar-refractivity contribution in [1.29, 1.82) is 0 Å². The second-order valence-electron chi connectivity index (χ2n) is 4.68. The van der Waals surface area contributed by atoms with Crippen molar-refractivity contribution in [3.05, 3.63) is 0 Å². The summed E-state index contributed by atoms with van der Waals surface area (Å²) in [5.41, 5.74) is 0. The van der Waals surface area contributed by atoms with Crippen molar-refractivity contribution in [2.45, 2.75) is 39.0 Å². The van der Waals surface area contributed by atoms with Crippen LogP contribution in [0.25, 0.3) is 0 Å². The maximum absolute atomic E-state index is 11.8. The average molecular weight is 212 g/mol. The van der Waals surface area contributed by atoms with Crippen LogP contribution in [0.3, 0.4) is 0 Å². The molecular weight excluding hydrogens is 188 g/mol. The minimum Gasteiger partial charge on any atom is -0.328 e. The smallest absolute Gasteiger partial charge is 0.319 e. The molecule has 88 valence electrons. The molecule has 0 heterocycles. The SMILES string of the molecule is CCN(C)C(=O)N(C)CC1CCCCC1. The van der Waals surface area contributed by atoms with E-state index in [0.29, 0.717) is 0 Å². The largest absolute Gasteiger partial charge is 0.328 e. The molecule has 1 aliphatic rings. The van der Waals surface area contributed by atoms with Crippen molar-refractivity contribution in [3.8, 4) is 0 Å². The van der Waals surface area contributed by atoms with E-state index in [1.54, 1.807) is 4.90 Å². The summed E-state index contributed by atoms with van der Waals surface area (Å²) in [7, 11) is 3.78. The second-order valence-corrected chi connectivity index (χ2v) is 4.68. The fraction of sp³-hybridized carbons (Fsp3) is 0.917. The molecule has 0 aromatic carbocycles. The minimum absolute atomic E-state index is 0.156. The fourth-order valence-corrected chi connectivity index (χ4v) is 2.26. The molecule has 0 bridgehead atoms. The molecule has 3 heteroatoms. The molecule has 1 fully saturated rings. The van der Waals surface area contributed by atoms with Crippen molar-refractivity contribution in [2.24, 2.45) is 5.92 Å². The van der Waals surface area contributed by atoms with Gasteiger partial charge in [-0.25, -0.2) is 4.79 Å². The van der Waals surface area contributed by atoms with Gasteiger partial charge in [-0.1, -0.05) is 19.3 Å². The second kappa shape index (κ2) is 5.99. The van der Waals surface area contributed by atoms with Gasteiger partial charge in [0.1, 0.15) is 0 Å². The molecule has 3 nitrogen and oxygen atoms in total. The zero-order chi connectivity index (χ0) is 11.3. The Kier molecular flexibility index (Phi) is 4.92. The van der Waals surface area contributed by atoms with E-state index in [2.05, 4.69) is 0 Å². The Labute approximate surface area is 93.4 Å². The molecule has 0 radical (unpaired) electrons. The molecule has 1 rings (SSSR count). The number of hydrogen-bond donors (Lipinski definition) is 0. The molecule has 0 saturated heterocycles. The summed E-state index contributed by atoms with van der Waals surface area (Å²) in [5.74, 6) is 0.734. The summed E-state index contributed by atoms with van der Waals surface area (Å²) in [6, 6.07) is 0.156. The van der Waals surface area contributed by atoms with Gasteiger partial charge >= 0.3 is 6.03 Å². The van der Waals surface area contributed by atoms with E-state index in [0.717, 1.165) is 19.0 Å². The van der Waals surface area contributed by atoms with Gasteiger partial charge in [0.25, 0.3) is 0 Å². The maximum atomic E-state index is 11.8. The highest BCUT2D eigenvalue weighted by Crippen LogP contribution is 2.24. The van der Waals surface area contributed by atoms with Crippen LogP contribution in [0.5, 0.6) is 0 Å². The van der Waals surface area contributed by atoms with Gasteiger partial charge in [-0.3, -0.25) is 0 Å². The Morgan fingerprint density at radius 1 is 1.13 bits per heavy atom. The molecule has 1 saturated carbocycles. The van der Waals surface area contributed by atoms with Crippen LogP contribution in [0.1, 0.15) is 39.0 Å². The predicted octanol–water partition coefficient (Wildman–Crippen LogP) is 2.57. The van der Waals surface area contributed by atoms with Crippen molar-refractivity contribution in [1.82, 2.24) is 9.80 Å². The molecule has 1 aliphatic carbocycles. The van der Waals surface area contributed by atoms with E-state index < -0.39 is 0 Å². The Morgan fingerprint density at radius 2 is 1.73 bits per heavy atom. The molecule has 0 N–H and O–H groups in total. The number of urea groups is 1. The van der Waals surface area contributed by atoms with E-state index in [4.69, 9.17) is 0 Å². The van der Waals surface area contributed by atoms with Crippen LogP contribution in [0.4, 0.5) is 4.79 Å². The highest BCUT2D eigenvalue weighted by atomic mass is 16.2. The Balaban J connectivity index is 2.33. The summed E-state index contributed by atoms with van der Waals surface area (Å²) in [4.78, 5) is 15.4. The lowest BCUT2D eigenvalue weighted by Crippen LogP contribution is -2.41. The van der Waals surface area contributed by atoms with Gasteiger partial charge in [-0.15, -0.1) is 0 Å². The van der Waals surface area contributed by atoms with Crippen molar-refractivity contribution in [2.75, 3.05) is 27.2 Å². The molecular formula is C12H24N2O. The lowest BCUT2D eigenvalue weighted by molar-refractivity contribution is 0.162. The number of carbonyl (C=O) groups is 1. The first-order valence-corrected chi connectivity index (χ1v) is 6.11. The monoisotopic (exact) mass is 212 g/mol. The van der Waals surface area contributed by atoms with E-state index in [1.165, 1.54) is 32.1 Å². The molecule has 2 amide bonds. The third-order valence-corrected chi connectivity index (χ3v) is 3.38. The third kappa shape index (κ3) is 3.73. The highest BCUT2D eigenvalue weighted by Gasteiger charge is 2.19. The van der Waals surface area contributed by atoms with Crippen molar-refractivity contribution in [3.63, 3.8) is 0 Å². The number of hydrogen-bond acceptors (Lipinski definition) is 1. The van der Waals surface area contributed by atoms with E-state index in [-0.39, 0.29) is 6.03 Å². The van der Waals surface area contributed by atoms with E-state index >= 15 is 0 Å². The highest BCUT2D eigenvalue weighted by molar-refractivity contribution is 5.73. The first kappa shape index (κ1) is 12.3. The minimum atomic E-state index is 0.156. The van der Waals surface area contributed by atoms with Gasteiger partial charge in [0, 0.05) is 27.2 Å². The van der Waals surface area contributed by atoms with Crippen molar-refractivity contribution >= 4 is 6.03 Å². The number of rotatable bonds is 3. The number of carbonyl (C=O) groups excluding carboxylic acids is 1. The quantitative estimate of drug-likeness (QED) is 0.705. The Hall–Kier alpha value is -0.730. The van der Waals surface area contributed by atoms with Crippen LogP contribution in [0.15, 0.2) is 0 Å². The molecule has 15 heavy (non-hydrogen) atoms. The average Bonchev–Trinajstić information content (AvgIpc) is 2.28. The molecule has 0 aliphatic heterocycles. The summed E-state index contributed by atoms with van der Waals surface area (Å²) in [5, 5.41) is 0. The first-order valence-electron chi connectivity index (χ1n) is 6.11. The third-order valence-electron chi connectivity index (χ3n) is 3.38. The van der Waals surface area contributed by atoms with Gasteiger partial charge in [-0.05, 0) is 25.7 Å². The summed E-state index contributed by atoms with van der Waals surface area (Å²) in [6.45, 7) is 3.73. The van der Waals surface area contributed by atoms with E-state index in [9.17, 15) is 4.79 Å². The predicted molar refractivity (Wildman–Crippen MR) is 62.9 cm³/mol. The van der Waals surface area contributed by atoms with Gasteiger partial charge in [-0.2, -0.15) is 0 Å². The number of nitrogens with zero attached hydrogens (tertiary/aromatic N) is 2. The van der Waals surface area contributed by atoms with Crippen LogP contribution in [0.2, 0.25) is 0 Å². The van der Waals surface area contributed by atoms with Crippen LogP contribution >= 0.6 is 0 Å². The Bertz CT molecular complexity index is 200. The van der Waals surface area contributed by atoms with E-state index in [1.807, 2.05) is 25.9 Å². The molecule has 0 atom stereocenters. The fourth-order valence-electron chi connectivity index (χ4n) is 2.26. The van der Waals surface area contributed by atoms with Gasteiger partial charge in [0.15, 0.2) is 0 Å². The topological polar surface area (TPSA) is 23.6 Å². The van der Waals surface area contributed by atoms with Gasteiger partial charge in [0.2, 0.25) is 0 Å².